The third-order valence-corrected chi connectivity index (χ3v) is 7.57. The number of carbonyl (C=O) groups is 8. The van der Waals surface area contributed by atoms with Crippen molar-refractivity contribution < 1.29 is 71.9 Å². The number of hydrazine groups is 1. The Balaban J connectivity index is 1.56. The standard InChI is InChI=1S/C39H35N3O15/c1-20-6-8-23(9-7-20)34(45)40-27-14-10-24(11-15-27)35(46)41-42-36(47)32(56-38(50)25-12-16-28(54-21(2)43)30(18-25)52-4)33(37(48)49)57-39(51)26-13-17-29(55-22(3)44)31(19-26)53-5/h6-19,32-33H,1-5H3,(H,40,45)(H,41,46)(H,42,47)(H,48,49)/t32-,33-/m1/s1. The first-order valence-electron chi connectivity index (χ1n) is 16.6. The molecular formula is C39H35N3O15. The van der Waals surface area contributed by atoms with E-state index in [1.165, 1.54) is 50.6 Å². The first-order valence-corrected chi connectivity index (χ1v) is 16.6. The second-order valence-corrected chi connectivity index (χ2v) is 11.7. The Hall–Kier alpha value is -7.76. The minimum Gasteiger partial charge on any atom is -0.493 e. The van der Waals surface area contributed by atoms with Crippen molar-refractivity contribution in [2.45, 2.75) is 33.0 Å². The molecule has 4 rings (SSSR count). The van der Waals surface area contributed by atoms with Crippen LogP contribution in [0.1, 0.15) is 60.8 Å². The van der Waals surface area contributed by atoms with E-state index in [9.17, 15) is 43.5 Å². The first-order chi connectivity index (χ1) is 27.1. The molecule has 0 aliphatic carbocycles. The normalized spacial score (nSPS) is 11.4. The fourth-order valence-electron chi connectivity index (χ4n) is 4.80. The zero-order valence-electron chi connectivity index (χ0n) is 30.9. The van der Waals surface area contributed by atoms with Gasteiger partial charge in [-0.1, -0.05) is 17.7 Å². The number of carbonyl (C=O) groups excluding carboxylic acids is 7. The lowest BCUT2D eigenvalue weighted by Crippen LogP contribution is -2.54. The molecule has 57 heavy (non-hydrogen) atoms. The summed E-state index contributed by atoms with van der Waals surface area (Å²) in [6, 6.07) is 19.0. The number of methoxy groups -OCH3 is 2. The van der Waals surface area contributed by atoms with Crippen LogP contribution in [0.3, 0.4) is 0 Å². The van der Waals surface area contributed by atoms with Gasteiger partial charge < -0.3 is 38.8 Å². The Morgan fingerprint density at radius 1 is 0.544 bits per heavy atom. The van der Waals surface area contributed by atoms with Crippen molar-refractivity contribution in [3.05, 3.63) is 113 Å². The van der Waals surface area contributed by atoms with Crippen LogP contribution in [0, 0.1) is 6.92 Å². The Morgan fingerprint density at radius 2 is 0.982 bits per heavy atom. The number of aliphatic carboxylic acids is 1. The molecule has 18 heteroatoms. The molecule has 4 aromatic carbocycles. The summed E-state index contributed by atoms with van der Waals surface area (Å²) in [5.74, 6) is -9.15. The Morgan fingerprint density at radius 3 is 1.44 bits per heavy atom. The molecule has 0 heterocycles. The zero-order chi connectivity index (χ0) is 41.8. The summed E-state index contributed by atoms with van der Waals surface area (Å²) in [4.78, 5) is 101. The number of benzene rings is 4. The molecule has 18 nitrogen and oxygen atoms in total. The number of esters is 4. The summed E-state index contributed by atoms with van der Waals surface area (Å²) in [6.07, 6.45) is -4.99. The van der Waals surface area contributed by atoms with Crippen molar-refractivity contribution in [1.82, 2.24) is 10.9 Å². The SMILES string of the molecule is COc1cc(C(=O)O[C@@H](C(=O)O)[C@@H](OC(=O)c2ccc(OC(C)=O)c(OC)c2)C(=O)NNC(=O)c2ccc(NC(=O)c3ccc(C)cc3)cc2)ccc1OC(C)=O. The number of carboxylic acids is 1. The molecule has 0 spiro atoms. The van der Waals surface area contributed by atoms with Gasteiger partial charge in [-0.05, 0) is 79.7 Å². The topological polar surface area (TPSA) is 248 Å². The van der Waals surface area contributed by atoms with Crippen LogP contribution in [0.2, 0.25) is 0 Å². The Kier molecular flexibility index (Phi) is 14.0. The maximum atomic E-state index is 13.5. The highest BCUT2D eigenvalue weighted by atomic mass is 16.6. The fraction of sp³-hybridized carbons (Fsp3) is 0.179. The van der Waals surface area contributed by atoms with Crippen molar-refractivity contribution in [2.75, 3.05) is 19.5 Å². The summed E-state index contributed by atoms with van der Waals surface area (Å²) >= 11 is 0. The second-order valence-electron chi connectivity index (χ2n) is 11.7. The van der Waals surface area contributed by atoms with E-state index >= 15 is 0 Å². The number of hydrogen-bond donors (Lipinski definition) is 4. The average molecular weight is 786 g/mol. The number of rotatable bonds is 14. The van der Waals surface area contributed by atoms with Crippen LogP contribution in [0.25, 0.3) is 0 Å². The second kappa shape index (κ2) is 19.0. The van der Waals surface area contributed by atoms with Crippen LogP contribution in [-0.2, 0) is 28.7 Å². The lowest BCUT2D eigenvalue weighted by atomic mass is 10.1. The van der Waals surface area contributed by atoms with E-state index < -0.39 is 59.8 Å². The number of ether oxygens (including phenoxy) is 6. The van der Waals surface area contributed by atoms with E-state index in [0.717, 1.165) is 43.7 Å². The molecule has 296 valence electrons. The van der Waals surface area contributed by atoms with E-state index in [2.05, 4.69) is 10.7 Å². The van der Waals surface area contributed by atoms with Crippen molar-refractivity contribution >= 4 is 53.3 Å². The summed E-state index contributed by atoms with van der Waals surface area (Å²) in [5, 5.41) is 12.8. The van der Waals surface area contributed by atoms with Gasteiger partial charge in [0.25, 0.3) is 17.7 Å². The maximum Gasteiger partial charge on any atom is 0.349 e. The van der Waals surface area contributed by atoms with Crippen molar-refractivity contribution in [3.8, 4) is 23.0 Å². The van der Waals surface area contributed by atoms with Gasteiger partial charge in [0.2, 0.25) is 12.2 Å². The van der Waals surface area contributed by atoms with Crippen LogP contribution < -0.4 is 35.1 Å². The summed E-state index contributed by atoms with van der Waals surface area (Å²) < 4.78 is 30.7. The number of aryl methyl sites for hydroxylation is 1. The molecule has 3 amide bonds. The molecule has 0 radical (unpaired) electrons. The molecular weight excluding hydrogens is 750 g/mol. The number of nitrogens with one attached hydrogen (secondary N) is 3. The van der Waals surface area contributed by atoms with E-state index in [4.69, 9.17) is 28.4 Å². The molecule has 0 aliphatic rings. The zero-order valence-corrected chi connectivity index (χ0v) is 30.9. The number of amides is 3. The molecule has 4 aromatic rings. The monoisotopic (exact) mass is 785 g/mol. The van der Waals surface area contributed by atoms with Crippen molar-refractivity contribution in [2.24, 2.45) is 0 Å². The lowest BCUT2D eigenvalue weighted by molar-refractivity contribution is -0.159. The van der Waals surface area contributed by atoms with Gasteiger partial charge >= 0.3 is 29.8 Å². The largest absolute Gasteiger partial charge is 0.493 e. The van der Waals surface area contributed by atoms with E-state index in [-0.39, 0.29) is 39.7 Å². The summed E-state index contributed by atoms with van der Waals surface area (Å²) in [6.45, 7) is 4.13. The highest BCUT2D eigenvalue weighted by molar-refractivity contribution is 6.05. The van der Waals surface area contributed by atoms with Gasteiger partial charge in [-0.3, -0.25) is 34.8 Å². The van der Waals surface area contributed by atoms with Gasteiger partial charge in [-0.15, -0.1) is 0 Å². The van der Waals surface area contributed by atoms with Crippen LogP contribution >= 0.6 is 0 Å². The van der Waals surface area contributed by atoms with Crippen LogP contribution in [0.4, 0.5) is 5.69 Å². The molecule has 2 atom stereocenters. The molecule has 0 saturated heterocycles. The predicted octanol–water partition coefficient (Wildman–Crippen LogP) is 3.41. The predicted molar refractivity (Wildman–Crippen MR) is 196 cm³/mol. The van der Waals surface area contributed by atoms with E-state index in [0.29, 0.717) is 11.3 Å². The number of carboxylic acid groups (broad SMARTS) is 1. The van der Waals surface area contributed by atoms with Gasteiger partial charge in [0, 0.05) is 30.7 Å². The highest BCUT2D eigenvalue weighted by Crippen LogP contribution is 2.30. The minimum atomic E-state index is -2.53. The molecule has 0 bridgehead atoms. The molecule has 0 fully saturated rings. The molecule has 0 aliphatic heterocycles. The third kappa shape index (κ3) is 11.4. The summed E-state index contributed by atoms with van der Waals surface area (Å²) in [5.41, 5.74) is 5.08. The quantitative estimate of drug-likeness (QED) is 0.0813. The first kappa shape index (κ1) is 42.0. The summed E-state index contributed by atoms with van der Waals surface area (Å²) in [7, 11) is 2.41. The fourth-order valence-corrected chi connectivity index (χ4v) is 4.80. The van der Waals surface area contributed by atoms with Crippen LogP contribution in [0.5, 0.6) is 23.0 Å². The highest BCUT2D eigenvalue weighted by Gasteiger charge is 2.41. The maximum absolute atomic E-state index is 13.5. The molecule has 0 aromatic heterocycles. The van der Waals surface area contributed by atoms with Gasteiger partial charge in [-0.2, -0.15) is 0 Å². The number of anilines is 1. The van der Waals surface area contributed by atoms with Gasteiger partial charge in [-0.25, -0.2) is 14.4 Å². The van der Waals surface area contributed by atoms with Crippen molar-refractivity contribution in [3.63, 3.8) is 0 Å². The van der Waals surface area contributed by atoms with Gasteiger partial charge in [0.05, 0.1) is 25.3 Å². The number of hydrogen-bond acceptors (Lipinski definition) is 14. The van der Waals surface area contributed by atoms with Gasteiger partial charge in [0.1, 0.15) is 0 Å². The molecule has 0 saturated carbocycles. The van der Waals surface area contributed by atoms with Crippen LogP contribution in [-0.4, -0.2) is 79.1 Å². The Bertz CT molecular complexity index is 2200. The van der Waals surface area contributed by atoms with Crippen LogP contribution in [0.15, 0.2) is 84.9 Å². The Labute approximate surface area is 323 Å². The van der Waals surface area contributed by atoms with Crippen molar-refractivity contribution in [1.29, 1.82) is 0 Å². The average Bonchev–Trinajstić information content (AvgIpc) is 3.18. The smallest absolute Gasteiger partial charge is 0.349 e. The lowest BCUT2D eigenvalue weighted by Gasteiger charge is -2.24. The minimum absolute atomic E-state index is 0.0236. The van der Waals surface area contributed by atoms with E-state index in [1.54, 1.807) is 24.3 Å². The van der Waals surface area contributed by atoms with E-state index in [1.807, 2.05) is 12.3 Å². The molecule has 4 N–H and O–H groups in total. The molecule has 0 unspecified atom stereocenters. The third-order valence-electron chi connectivity index (χ3n) is 7.57. The van der Waals surface area contributed by atoms with Gasteiger partial charge in [0.15, 0.2) is 23.0 Å².